The van der Waals surface area contributed by atoms with Crippen LogP contribution in [0.15, 0.2) is 11.6 Å². The molecule has 5 heteroatoms. The molecule has 5 nitrogen and oxygen atoms in total. The van der Waals surface area contributed by atoms with Gasteiger partial charge in [0.25, 0.3) is 0 Å². The summed E-state index contributed by atoms with van der Waals surface area (Å²) < 4.78 is 27.6. The number of ether oxygens (including phenoxy) is 4. The number of fused-ring (bicyclic) bond motifs is 5. The van der Waals surface area contributed by atoms with Crippen molar-refractivity contribution >= 4 is 5.78 Å². The van der Waals surface area contributed by atoms with E-state index in [1.807, 2.05) is 0 Å². The second-order valence-electron chi connectivity index (χ2n) is 23.4. The number of carbonyl (C=O) groups is 1. The highest BCUT2D eigenvalue weighted by molar-refractivity contribution is 5.94. The van der Waals surface area contributed by atoms with Gasteiger partial charge in [0.15, 0.2) is 18.4 Å². The minimum Gasteiger partial charge on any atom is -0.349 e. The lowest BCUT2D eigenvalue weighted by Gasteiger charge is -2.62. The third kappa shape index (κ3) is 7.42. The van der Waals surface area contributed by atoms with Gasteiger partial charge < -0.3 is 18.9 Å². The molecule has 316 valence electrons. The maximum atomic E-state index is 14.6. The van der Waals surface area contributed by atoms with Crippen LogP contribution in [0.4, 0.5) is 0 Å². The second-order valence-corrected chi connectivity index (χ2v) is 23.4. The molecule has 55 heavy (non-hydrogen) atoms. The second kappa shape index (κ2) is 15.4. The molecule has 2 saturated heterocycles. The fourth-order valence-electron chi connectivity index (χ4n) is 14.1. The summed E-state index contributed by atoms with van der Waals surface area (Å²) in [5, 5.41) is 0. The van der Waals surface area contributed by atoms with Crippen molar-refractivity contribution in [3.63, 3.8) is 0 Å². The van der Waals surface area contributed by atoms with Gasteiger partial charge in [-0.1, -0.05) is 116 Å². The number of hydrogen-bond donors (Lipinski definition) is 0. The quantitative estimate of drug-likeness (QED) is 0.234. The lowest BCUT2D eigenvalue weighted by molar-refractivity contribution is -0.283. The topological polar surface area (TPSA) is 54.0 Å². The molecule has 0 aromatic rings. The highest BCUT2D eigenvalue weighted by atomic mass is 16.7. The number of hydrogen-bond acceptors (Lipinski definition) is 5. The molecule has 0 aromatic carbocycles. The van der Waals surface area contributed by atoms with Gasteiger partial charge in [-0.05, 0) is 139 Å². The average Bonchev–Trinajstić information content (AvgIpc) is 3.39. The fraction of sp³-hybridized carbons (Fsp3) is 0.940. The smallest absolute Gasteiger partial charge is 0.161 e. The maximum Gasteiger partial charge on any atom is 0.161 e. The van der Waals surface area contributed by atoms with Crippen LogP contribution < -0.4 is 0 Å². The van der Waals surface area contributed by atoms with Crippen molar-refractivity contribution in [1.82, 2.24) is 0 Å². The first kappa shape index (κ1) is 43.8. The van der Waals surface area contributed by atoms with E-state index >= 15 is 0 Å². The van der Waals surface area contributed by atoms with Gasteiger partial charge in [0, 0.05) is 17.8 Å². The first-order valence-corrected chi connectivity index (χ1v) is 23.3. The zero-order valence-corrected chi connectivity index (χ0v) is 38.7. The third-order valence-electron chi connectivity index (χ3n) is 19.1. The minimum absolute atomic E-state index is 0.00706. The molecular formula is C50H86O5. The van der Waals surface area contributed by atoms with Gasteiger partial charge in [-0.2, -0.15) is 0 Å². The number of ketones is 1. The Morgan fingerprint density at radius 1 is 0.800 bits per heavy atom. The van der Waals surface area contributed by atoms with E-state index in [0.29, 0.717) is 59.0 Å². The molecule has 0 bridgehead atoms. The van der Waals surface area contributed by atoms with E-state index in [0.717, 1.165) is 38.5 Å². The molecule has 2 heterocycles. The zero-order chi connectivity index (χ0) is 40.8. The van der Waals surface area contributed by atoms with Gasteiger partial charge in [-0.25, -0.2) is 0 Å². The van der Waals surface area contributed by atoms with Crippen LogP contribution in [0.1, 0.15) is 175 Å². The van der Waals surface area contributed by atoms with Crippen molar-refractivity contribution in [3.8, 4) is 0 Å². The van der Waals surface area contributed by atoms with Crippen LogP contribution in [0.25, 0.3) is 0 Å². The van der Waals surface area contributed by atoms with Crippen molar-refractivity contribution in [2.45, 2.75) is 212 Å². The van der Waals surface area contributed by atoms with Crippen LogP contribution in [0.3, 0.4) is 0 Å². The minimum atomic E-state index is -0.194. The van der Waals surface area contributed by atoms with Crippen molar-refractivity contribution in [2.24, 2.45) is 86.3 Å². The SMILES string of the molecule is CCC1OC(O[C@H](CCC(C)(C)C)C(C)(C)[C@H]2CC[C@@]3(C)C4=CC(=O)[C@@H]5C[C@H](OC6OC(C)C(C)C(C)C6C)[C@H](C)C[C@]5(C)C4CC[C@]23C)C(C)C(C)C1C. The Balaban J connectivity index is 1.25. The summed E-state index contributed by atoms with van der Waals surface area (Å²) in [6.07, 6.45) is 12.2. The Bertz CT molecular complexity index is 1410. The molecule has 0 aromatic heterocycles. The fourth-order valence-corrected chi connectivity index (χ4v) is 14.1. The molecule has 19 atom stereocenters. The van der Waals surface area contributed by atoms with Crippen molar-refractivity contribution in [2.75, 3.05) is 0 Å². The van der Waals surface area contributed by atoms with Crippen molar-refractivity contribution < 1.29 is 23.7 Å². The van der Waals surface area contributed by atoms with Crippen molar-refractivity contribution in [1.29, 1.82) is 0 Å². The summed E-state index contributed by atoms with van der Waals surface area (Å²) >= 11 is 0. The normalized spacial score (nSPS) is 49.8. The average molecular weight is 767 g/mol. The van der Waals surface area contributed by atoms with E-state index in [2.05, 4.69) is 124 Å². The van der Waals surface area contributed by atoms with E-state index in [1.54, 1.807) is 0 Å². The molecule has 11 unspecified atom stereocenters. The molecule has 6 rings (SSSR count). The Morgan fingerprint density at radius 3 is 2.07 bits per heavy atom. The van der Waals surface area contributed by atoms with Crippen LogP contribution in [-0.4, -0.2) is 42.8 Å². The predicted molar refractivity (Wildman–Crippen MR) is 225 cm³/mol. The van der Waals surface area contributed by atoms with Crippen LogP contribution in [-0.2, 0) is 23.7 Å². The Labute approximate surface area is 339 Å². The van der Waals surface area contributed by atoms with Crippen LogP contribution in [0.2, 0.25) is 0 Å². The van der Waals surface area contributed by atoms with E-state index < -0.39 is 0 Å². The molecule has 5 fully saturated rings. The molecule has 0 N–H and O–H groups in total. The van der Waals surface area contributed by atoms with Gasteiger partial charge >= 0.3 is 0 Å². The summed E-state index contributed by atoms with van der Waals surface area (Å²) in [7, 11) is 0. The Hall–Kier alpha value is -0.750. The molecule has 6 aliphatic rings. The van der Waals surface area contributed by atoms with Gasteiger partial charge in [0.2, 0.25) is 0 Å². The number of allylic oxidation sites excluding steroid dienone is 2. The van der Waals surface area contributed by atoms with Crippen LogP contribution >= 0.6 is 0 Å². The number of carbonyl (C=O) groups excluding carboxylic acids is 1. The van der Waals surface area contributed by atoms with Gasteiger partial charge in [-0.15, -0.1) is 0 Å². The molecule has 3 saturated carbocycles. The Kier molecular flexibility index (Phi) is 12.2. The largest absolute Gasteiger partial charge is 0.349 e. The lowest BCUT2D eigenvalue weighted by Crippen LogP contribution is -2.58. The van der Waals surface area contributed by atoms with Crippen molar-refractivity contribution in [3.05, 3.63) is 11.6 Å². The summed E-state index contributed by atoms with van der Waals surface area (Å²) in [5.41, 5.74) is 1.70. The van der Waals surface area contributed by atoms with E-state index in [1.165, 1.54) is 24.8 Å². The molecule has 0 amide bonds. The standard InChI is InChI=1S/C50H86O5/c1-18-40-32(6)30(4)34(8)45(53-40)55-43(21-22-46(10,11)12)47(13,14)42-20-24-49(16)37-25-39(51)38-26-41(54-44-33(7)29(3)31(5)35(9)52-44)28(2)27-48(38,15)36(37)19-23-50(42,49)17/h25,28-36,38,40-45H,18-24,26-27H2,1-17H3/t28-,29?,30?,31?,32?,33?,34?,35?,36?,38+,40?,41+,42-,43-,44?,45?,48-,49+,50-/m1/s1. The molecule has 0 radical (unpaired) electrons. The van der Waals surface area contributed by atoms with E-state index in [4.69, 9.17) is 18.9 Å². The maximum absolute atomic E-state index is 14.6. The third-order valence-corrected chi connectivity index (χ3v) is 19.1. The van der Waals surface area contributed by atoms with Crippen LogP contribution in [0.5, 0.6) is 0 Å². The predicted octanol–water partition coefficient (Wildman–Crippen LogP) is 12.7. The number of rotatable bonds is 9. The van der Waals surface area contributed by atoms with Gasteiger partial charge in [0.05, 0.1) is 24.4 Å². The first-order chi connectivity index (χ1) is 25.4. The van der Waals surface area contributed by atoms with Crippen LogP contribution in [0, 0.1) is 86.3 Å². The lowest BCUT2D eigenvalue weighted by atomic mass is 9.42. The molecule has 0 spiro atoms. The first-order valence-electron chi connectivity index (χ1n) is 23.3. The highest BCUT2D eigenvalue weighted by Crippen LogP contribution is 2.74. The summed E-state index contributed by atoms with van der Waals surface area (Å²) in [4.78, 5) is 14.6. The van der Waals surface area contributed by atoms with E-state index in [-0.39, 0.29) is 70.0 Å². The zero-order valence-electron chi connectivity index (χ0n) is 38.7. The Morgan fingerprint density at radius 2 is 1.44 bits per heavy atom. The van der Waals surface area contributed by atoms with Gasteiger partial charge in [0.1, 0.15) is 0 Å². The monoisotopic (exact) mass is 767 g/mol. The van der Waals surface area contributed by atoms with E-state index in [9.17, 15) is 4.79 Å². The molecular weight excluding hydrogens is 681 g/mol. The molecule has 4 aliphatic carbocycles. The van der Waals surface area contributed by atoms with Gasteiger partial charge in [-0.3, -0.25) is 4.79 Å². The highest BCUT2D eigenvalue weighted by Gasteiger charge is 2.67. The summed E-state index contributed by atoms with van der Waals surface area (Å²) in [6, 6.07) is 0. The summed E-state index contributed by atoms with van der Waals surface area (Å²) in [5.74, 6) is 4.55. The summed E-state index contributed by atoms with van der Waals surface area (Å²) in [6.45, 7) is 40.8. The molecule has 2 aliphatic heterocycles.